The third-order valence-corrected chi connectivity index (χ3v) is 1.03. The van der Waals surface area contributed by atoms with Gasteiger partial charge in [0, 0.05) is 12.0 Å². The minimum atomic E-state index is -0.995. The van der Waals surface area contributed by atoms with Gasteiger partial charge < -0.3 is 5.11 Å². The molecule has 2 nitrogen and oxygen atoms in total. The monoisotopic (exact) mass is 146 g/mol. The van der Waals surface area contributed by atoms with Crippen molar-refractivity contribution in [2.45, 2.75) is 0 Å². The van der Waals surface area contributed by atoms with Gasteiger partial charge in [0.15, 0.2) is 0 Å². The maximum atomic E-state index is 9.94. The van der Waals surface area contributed by atoms with Crippen molar-refractivity contribution >= 4 is 17.6 Å². The Hall–Kier alpha value is -0.760. The molecule has 0 unspecified atom stereocenters. The molecule has 0 spiro atoms. The van der Waals surface area contributed by atoms with E-state index in [1.807, 2.05) is 0 Å². The number of carboxylic acids is 1. The smallest absolute Gasteiger partial charge is 0.328 e. The average molecular weight is 147 g/mol. The van der Waals surface area contributed by atoms with Crippen molar-refractivity contribution in [1.29, 1.82) is 0 Å². The van der Waals surface area contributed by atoms with Crippen LogP contribution in [0.2, 0.25) is 0 Å². The van der Waals surface area contributed by atoms with Crippen LogP contribution in [0.3, 0.4) is 0 Å². The number of carboxylic acid groups (broad SMARTS) is 1. The molecule has 0 rings (SSSR count). The molecule has 0 aliphatic rings. The van der Waals surface area contributed by atoms with E-state index in [2.05, 4.69) is 6.58 Å². The van der Waals surface area contributed by atoms with Crippen LogP contribution in [-0.2, 0) is 4.79 Å². The van der Waals surface area contributed by atoms with Gasteiger partial charge >= 0.3 is 5.97 Å². The van der Waals surface area contributed by atoms with E-state index in [-0.39, 0.29) is 5.88 Å². The van der Waals surface area contributed by atoms with Gasteiger partial charge in [-0.2, -0.15) is 0 Å². The molecule has 0 aromatic carbocycles. The summed E-state index contributed by atoms with van der Waals surface area (Å²) < 4.78 is 0. The largest absolute Gasteiger partial charge is 0.478 e. The molecule has 0 fully saturated rings. The zero-order valence-corrected chi connectivity index (χ0v) is 5.56. The van der Waals surface area contributed by atoms with Gasteiger partial charge in [0.05, 0.1) is 0 Å². The molecule has 0 heterocycles. The van der Waals surface area contributed by atoms with Gasteiger partial charge in [0.25, 0.3) is 0 Å². The maximum Gasteiger partial charge on any atom is 0.328 e. The normalized spacial score (nSPS) is 11.0. The number of alkyl halides is 1. The standard InChI is InChI=1S/C6H7ClO2/c1-2-5(4-7)3-6(8)9/h2-3H,1,4H2,(H,8,9). The Labute approximate surface area is 58.4 Å². The molecule has 0 saturated carbocycles. The highest BCUT2D eigenvalue weighted by Crippen LogP contribution is 1.97. The summed E-state index contributed by atoms with van der Waals surface area (Å²) in [6.07, 6.45) is 2.45. The number of carbonyl (C=O) groups is 1. The molecular weight excluding hydrogens is 140 g/mol. The Morgan fingerprint density at radius 1 is 1.78 bits per heavy atom. The molecule has 0 aromatic heterocycles. The summed E-state index contributed by atoms with van der Waals surface area (Å²) in [5.74, 6) is -0.805. The van der Waals surface area contributed by atoms with Crippen LogP contribution < -0.4 is 0 Å². The van der Waals surface area contributed by atoms with E-state index in [0.29, 0.717) is 5.57 Å². The average Bonchev–Trinajstić information content (AvgIpc) is 1.82. The number of allylic oxidation sites excluding steroid dienone is 2. The van der Waals surface area contributed by atoms with Crippen molar-refractivity contribution in [3.05, 3.63) is 24.3 Å². The summed E-state index contributed by atoms with van der Waals surface area (Å²) in [6.45, 7) is 3.37. The molecule has 0 radical (unpaired) electrons. The topological polar surface area (TPSA) is 37.3 Å². The second-order valence-electron chi connectivity index (χ2n) is 1.40. The van der Waals surface area contributed by atoms with Gasteiger partial charge in [0.1, 0.15) is 0 Å². The van der Waals surface area contributed by atoms with E-state index in [9.17, 15) is 4.79 Å². The van der Waals surface area contributed by atoms with Crippen LogP contribution in [0, 0.1) is 0 Å². The van der Waals surface area contributed by atoms with Gasteiger partial charge in [-0.3, -0.25) is 0 Å². The van der Waals surface area contributed by atoms with Crippen LogP contribution >= 0.6 is 11.6 Å². The summed E-state index contributed by atoms with van der Waals surface area (Å²) in [5.41, 5.74) is 0.518. The van der Waals surface area contributed by atoms with E-state index in [1.54, 1.807) is 0 Å². The van der Waals surface area contributed by atoms with Crippen LogP contribution in [0.15, 0.2) is 24.3 Å². The highest BCUT2D eigenvalue weighted by Gasteiger charge is 1.91. The Morgan fingerprint density at radius 3 is 2.44 bits per heavy atom. The summed E-state index contributed by atoms with van der Waals surface area (Å²) in [6, 6.07) is 0. The van der Waals surface area contributed by atoms with Crippen molar-refractivity contribution in [2.24, 2.45) is 0 Å². The van der Waals surface area contributed by atoms with Crippen molar-refractivity contribution < 1.29 is 9.90 Å². The lowest BCUT2D eigenvalue weighted by molar-refractivity contribution is -0.131. The second-order valence-corrected chi connectivity index (χ2v) is 1.66. The molecule has 0 aliphatic carbocycles. The Morgan fingerprint density at radius 2 is 2.33 bits per heavy atom. The predicted molar refractivity (Wildman–Crippen MR) is 36.6 cm³/mol. The summed E-state index contributed by atoms with van der Waals surface area (Å²) in [7, 11) is 0. The first-order valence-electron chi connectivity index (χ1n) is 2.32. The summed E-state index contributed by atoms with van der Waals surface area (Å²) >= 11 is 5.31. The van der Waals surface area contributed by atoms with Gasteiger partial charge in [-0.05, 0) is 5.57 Å². The van der Waals surface area contributed by atoms with Gasteiger partial charge in [0.2, 0.25) is 0 Å². The summed E-state index contributed by atoms with van der Waals surface area (Å²) in [5, 5.41) is 8.16. The van der Waals surface area contributed by atoms with Crippen LogP contribution in [-0.4, -0.2) is 17.0 Å². The van der Waals surface area contributed by atoms with Gasteiger partial charge in [-0.1, -0.05) is 12.7 Å². The van der Waals surface area contributed by atoms with Crippen molar-refractivity contribution in [3.63, 3.8) is 0 Å². The molecule has 0 bridgehead atoms. The minimum absolute atomic E-state index is 0.190. The van der Waals surface area contributed by atoms with Crippen LogP contribution in [0.25, 0.3) is 0 Å². The molecule has 9 heavy (non-hydrogen) atoms. The van der Waals surface area contributed by atoms with Crippen molar-refractivity contribution in [2.75, 3.05) is 5.88 Å². The first-order valence-corrected chi connectivity index (χ1v) is 2.86. The lowest BCUT2D eigenvalue weighted by atomic mass is 10.3. The van der Waals surface area contributed by atoms with Gasteiger partial charge in [-0.25, -0.2) is 4.79 Å². The van der Waals surface area contributed by atoms with Crippen LogP contribution in [0.4, 0.5) is 0 Å². The molecule has 0 aliphatic heterocycles. The van der Waals surface area contributed by atoms with E-state index >= 15 is 0 Å². The van der Waals surface area contributed by atoms with Crippen LogP contribution in [0.5, 0.6) is 0 Å². The lowest BCUT2D eigenvalue weighted by Gasteiger charge is -1.88. The highest BCUT2D eigenvalue weighted by atomic mass is 35.5. The third kappa shape index (κ3) is 3.79. The second kappa shape index (κ2) is 4.15. The first kappa shape index (κ1) is 8.24. The number of hydrogen-bond acceptors (Lipinski definition) is 1. The molecule has 1 N–H and O–H groups in total. The molecule has 0 aromatic rings. The van der Waals surface area contributed by atoms with Gasteiger partial charge in [-0.15, -0.1) is 11.6 Å². The van der Waals surface area contributed by atoms with E-state index < -0.39 is 5.97 Å². The fourth-order valence-corrected chi connectivity index (χ4v) is 0.497. The number of halogens is 1. The van der Waals surface area contributed by atoms with Crippen molar-refractivity contribution in [3.8, 4) is 0 Å². The molecule has 0 saturated heterocycles. The lowest BCUT2D eigenvalue weighted by Crippen LogP contribution is -1.90. The quantitative estimate of drug-likeness (QED) is 0.372. The zero-order chi connectivity index (χ0) is 7.28. The maximum absolute atomic E-state index is 9.94. The van der Waals surface area contributed by atoms with E-state index in [1.165, 1.54) is 6.08 Å². The fourth-order valence-electron chi connectivity index (χ4n) is 0.311. The van der Waals surface area contributed by atoms with E-state index in [0.717, 1.165) is 6.08 Å². The third-order valence-electron chi connectivity index (χ3n) is 0.725. The Balaban J connectivity index is 4.07. The zero-order valence-electron chi connectivity index (χ0n) is 4.80. The number of hydrogen-bond donors (Lipinski definition) is 1. The Bertz CT molecular complexity index is 149. The Kier molecular flexibility index (Phi) is 3.80. The highest BCUT2D eigenvalue weighted by molar-refractivity contribution is 6.20. The fraction of sp³-hybridized carbons (Fsp3) is 0.167. The minimum Gasteiger partial charge on any atom is -0.478 e. The molecular formula is C6H7ClO2. The first-order chi connectivity index (χ1) is 4.20. The van der Waals surface area contributed by atoms with E-state index in [4.69, 9.17) is 16.7 Å². The number of rotatable bonds is 3. The molecule has 3 heteroatoms. The molecule has 50 valence electrons. The molecule has 0 amide bonds. The summed E-state index contributed by atoms with van der Waals surface area (Å²) in [4.78, 5) is 9.94. The molecule has 0 atom stereocenters. The SMILES string of the molecule is C=CC(=CC(=O)O)CCl. The predicted octanol–water partition coefficient (Wildman–Crippen LogP) is 1.42. The number of aliphatic carboxylic acids is 1. The van der Waals surface area contributed by atoms with Crippen molar-refractivity contribution in [1.82, 2.24) is 0 Å². The van der Waals surface area contributed by atoms with Crippen LogP contribution in [0.1, 0.15) is 0 Å².